The Bertz CT molecular complexity index is 209. The van der Waals surface area contributed by atoms with E-state index in [0.29, 0.717) is 5.46 Å². The van der Waals surface area contributed by atoms with Crippen molar-refractivity contribution in [2.75, 3.05) is 0 Å². The van der Waals surface area contributed by atoms with Crippen LogP contribution in [0.4, 0.5) is 0 Å². The van der Waals surface area contributed by atoms with Crippen molar-refractivity contribution >= 4 is 28.0 Å². The summed E-state index contributed by atoms with van der Waals surface area (Å²) >= 11 is 0. The van der Waals surface area contributed by atoms with E-state index >= 15 is 0 Å². The van der Waals surface area contributed by atoms with Crippen LogP contribution in [-0.2, 0) is 0 Å². The number of hydrogen-bond donors (Lipinski definition) is 2. The van der Waals surface area contributed by atoms with Gasteiger partial charge >= 0.3 is 7.12 Å². The third-order valence-electron chi connectivity index (χ3n) is 1.38. The monoisotopic (exact) mass is 152 g/mol. The summed E-state index contributed by atoms with van der Waals surface area (Å²) in [6.07, 6.45) is 0. The molecule has 0 bridgehead atoms. The van der Waals surface area contributed by atoms with Gasteiger partial charge in [0.2, 0.25) is 0 Å². The van der Waals surface area contributed by atoms with Crippen LogP contribution in [0.25, 0.3) is 0 Å². The second kappa shape index (κ2) is 3.01. The lowest BCUT2D eigenvalue weighted by Gasteiger charge is -1.97. The molecule has 2 N–H and O–H groups in total. The Morgan fingerprint density at radius 1 is 1.10 bits per heavy atom. The number of benzene rings is 1. The fourth-order valence-corrected chi connectivity index (χ4v) is 1.07. The van der Waals surface area contributed by atoms with Gasteiger partial charge in [-0.25, -0.2) is 0 Å². The molecule has 52 valence electrons. The highest BCUT2D eigenvalue weighted by molar-refractivity contribution is 6.58. The van der Waals surface area contributed by atoms with Crippen LogP contribution in [0.3, 0.4) is 0 Å². The molecule has 0 fully saturated rings. The fourth-order valence-electron chi connectivity index (χ4n) is 0.739. The van der Waals surface area contributed by atoms with Crippen molar-refractivity contribution in [3.63, 3.8) is 0 Å². The van der Waals surface area contributed by atoms with Crippen molar-refractivity contribution in [3.8, 4) is 0 Å². The molecule has 2 nitrogen and oxygen atoms in total. The standard InChI is InChI=1S/C6H9BO2Si/c8-7(9)5-1-3-6(10)4-2-5/h1-4,8-9H,10H3. The van der Waals surface area contributed by atoms with Crippen molar-refractivity contribution in [3.05, 3.63) is 24.3 Å². The summed E-state index contributed by atoms with van der Waals surface area (Å²) in [5.41, 5.74) is 0.555. The van der Waals surface area contributed by atoms with Gasteiger partial charge in [0, 0.05) is 10.2 Å². The van der Waals surface area contributed by atoms with Gasteiger partial charge in [0.1, 0.15) is 0 Å². The van der Waals surface area contributed by atoms with Crippen LogP contribution in [0.2, 0.25) is 0 Å². The molecule has 0 saturated carbocycles. The lowest BCUT2D eigenvalue weighted by Crippen LogP contribution is -2.30. The van der Waals surface area contributed by atoms with Crippen LogP contribution in [0.5, 0.6) is 0 Å². The van der Waals surface area contributed by atoms with Gasteiger partial charge in [0.25, 0.3) is 0 Å². The molecule has 4 heteroatoms. The van der Waals surface area contributed by atoms with E-state index in [1.54, 1.807) is 12.1 Å². The number of rotatable bonds is 1. The van der Waals surface area contributed by atoms with Gasteiger partial charge in [-0.15, -0.1) is 0 Å². The maximum absolute atomic E-state index is 8.68. The Kier molecular flexibility index (Phi) is 2.26. The third-order valence-corrected chi connectivity index (χ3v) is 2.04. The van der Waals surface area contributed by atoms with E-state index in [0.717, 1.165) is 10.2 Å². The Balaban J connectivity index is 2.89. The molecule has 0 spiro atoms. The highest BCUT2D eigenvalue weighted by Gasteiger charge is 2.08. The predicted octanol–water partition coefficient (Wildman–Crippen LogP) is -2.64. The molecule has 0 atom stereocenters. The molecule has 1 aromatic carbocycles. The molecule has 0 saturated heterocycles. The van der Waals surface area contributed by atoms with Crippen LogP contribution < -0.4 is 10.6 Å². The van der Waals surface area contributed by atoms with Gasteiger partial charge in [-0.2, -0.15) is 0 Å². The summed E-state index contributed by atoms with van der Waals surface area (Å²) in [5.74, 6) is 0. The molecule has 0 aliphatic heterocycles. The van der Waals surface area contributed by atoms with Gasteiger partial charge in [0.15, 0.2) is 0 Å². The topological polar surface area (TPSA) is 40.5 Å². The summed E-state index contributed by atoms with van der Waals surface area (Å²) in [6, 6.07) is 7.27. The Morgan fingerprint density at radius 3 is 2.00 bits per heavy atom. The Labute approximate surface area is 63.1 Å². The average Bonchev–Trinajstić information content (AvgIpc) is 1.88. The summed E-state index contributed by atoms with van der Waals surface area (Å²) < 4.78 is 0. The normalized spacial score (nSPS) is 9.80. The first-order valence-corrected chi connectivity index (χ1v) is 4.13. The summed E-state index contributed by atoms with van der Waals surface area (Å²) in [5, 5.41) is 18.6. The first-order chi connectivity index (χ1) is 4.70. The van der Waals surface area contributed by atoms with E-state index in [1.807, 2.05) is 12.1 Å². The van der Waals surface area contributed by atoms with E-state index in [-0.39, 0.29) is 0 Å². The Morgan fingerprint density at radius 2 is 1.60 bits per heavy atom. The van der Waals surface area contributed by atoms with E-state index in [1.165, 1.54) is 5.19 Å². The molecule has 10 heavy (non-hydrogen) atoms. The van der Waals surface area contributed by atoms with Gasteiger partial charge < -0.3 is 10.0 Å². The molecule has 0 radical (unpaired) electrons. The molecule has 0 aromatic heterocycles. The fraction of sp³-hybridized carbons (Fsp3) is 0. The summed E-state index contributed by atoms with van der Waals surface area (Å²) in [4.78, 5) is 0. The van der Waals surface area contributed by atoms with E-state index in [4.69, 9.17) is 10.0 Å². The van der Waals surface area contributed by atoms with Crippen LogP contribution in [0.1, 0.15) is 0 Å². The van der Waals surface area contributed by atoms with Crippen LogP contribution >= 0.6 is 0 Å². The van der Waals surface area contributed by atoms with E-state index in [9.17, 15) is 0 Å². The zero-order valence-corrected chi connectivity index (χ0v) is 7.78. The van der Waals surface area contributed by atoms with Crippen molar-refractivity contribution in [2.45, 2.75) is 0 Å². The minimum Gasteiger partial charge on any atom is -0.423 e. The second-order valence-electron chi connectivity index (χ2n) is 2.28. The maximum Gasteiger partial charge on any atom is 0.488 e. The largest absolute Gasteiger partial charge is 0.488 e. The first-order valence-electron chi connectivity index (χ1n) is 3.13. The molecule has 0 heterocycles. The molecule has 0 aliphatic carbocycles. The van der Waals surface area contributed by atoms with Gasteiger partial charge in [-0.05, 0) is 5.46 Å². The quantitative estimate of drug-likeness (QED) is 0.432. The summed E-state index contributed by atoms with van der Waals surface area (Å²) in [7, 11) is -0.327. The SMILES string of the molecule is OB(O)c1ccc([SiH3])cc1. The lowest BCUT2D eigenvalue weighted by atomic mass is 9.81. The number of hydrogen-bond acceptors (Lipinski definition) is 2. The van der Waals surface area contributed by atoms with Crippen molar-refractivity contribution in [1.29, 1.82) is 0 Å². The second-order valence-corrected chi connectivity index (χ2v) is 3.44. The van der Waals surface area contributed by atoms with Crippen LogP contribution in [0.15, 0.2) is 24.3 Å². The molecule has 0 aliphatic rings. The van der Waals surface area contributed by atoms with Crippen molar-refractivity contribution in [2.24, 2.45) is 0 Å². The minimum atomic E-state index is -1.33. The zero-order chi connectivity index (χ0) is 7.56. The van der Waals surface area contributed by atoms with Crippen LogP contribution in [0, 0.1) is 0 Å². The Hall–Kier alpha value is -0.578. The van der Waals surface area contributed by atoms with E-state index in [2.05, 4.69) is 0 Å². The predicted molar refractivity (Wildman–Crippen MR) is 45.8 cm³/mol. The van der Waals surface area contributed by atoms with Gasteiger partial charge in [-0.3, -0.25) is 0 Å². The third kappa shape index (κ3) is 1.70. The molecular weight excluding hydrogens is 143 g/mol. The highest BCUT2D eigenvalue weighted by Crippen LogP contribution is 1.79. The van der Waals surface area contributed by atoms with Crippen molar-refractivity contribution in [1.82, 2.24) is 0 Å². The average molecular weight is 152 g/mol. The molecule has 1 aromatic rings. The lowest BCUT2D eigenvalue weighted by molar-refractivity contribution is 0.426. The summed E-state index contributed by atoms with van der Waals surface area (Å²) in [6.45, 7) is 0. The minimum absolute atomic E-state index is 0.555. The maximum atomic E-state index is 8.68. The van der Waals surface area contributed by atoms with Gasteiger partial charge in [-0.1, -0.05) is 29.5 Å². The van der Waals surface area contributed by atoms with Crippen LogP contribution in [-0.4, -0.2) is 27.4 Å². The smallest absolute Gasteiger partial charge is 0.423 e. The molecule has 0 amide bonds. The highest BCUT2D eigenvalue weighted by atomic mass is 28.1. The van der Waals surface area contributed by atoms with Gasteiger partial charge in [0.05, 0.1) is 0 Å². The molecule has 1 rings (SSSR count). The van der Waals surface area contributed by atoms with Crippen molar-refractivity contribution < 1.29 is 10.0 Å². The molecular formula is C6H9BO2Si. The molecule has 0 unspecified atom stereocenters. The van der Waals surface area contributed by atoms with E-state index < -0.39 is 7.12 Å². The zero-order valence-electron chi connectivity index (χ0n) is 5.78. The first kappa shape index (κ1) is 7.53.